The Kier molecular flexibility index (Phi) is 4.63. The van der Waals surface area contributed by atoms with Crippen LogP contribution in [0.5, 0.6) is 0 Å². The molecule has 8 heteroatoms. The van der Waals surface area contributed by atoms with Crippen molar-refractivity contribution in [3.05, 3.63) is 0 Å². The van der Waals surface area contributed by atoms with Crippen molar-refractivity contribution in [2.45, 2.75) is 50.6 Å². The molecule has 4 amide bonds. The van der Waals surface area contributed by atoms with Gasteiger partial charge in [0, 0.05) is 14.1 Å². The summed E-state index contributed by atoms with van der Waals surface area (Å²) in [5.74, 6) is -2.04. The number of carbonyl (C=O) groups is 4. The van der Waals surface area contributed by atoms with Crippen LogP contribution in [0.4, 0.5) is 4.79 Å². The first-order valence-electron chi connectivity index (χ1n) is 7.80. The maximum absolute atomic E-state index is 12.7. The molecule has 1 heterocycles. The van der Waals surface area contributed by atoms with Crippen LogP contribution < -0.4 is 0 Å². The molecule has 1 aliphatic carbocycles. The largest absolute Gasteiger partial charge is 0.480 e. The standard InChI is InChI=1S/C15H23N3O5/c1-10(12(20)21)16(2)11(19)9-18-13(22)15(17(3)14(18)23)7-5-4-6-8-15/h10H,4-9H2,1-3H3,(H,20,21). The van der Waals surface area contributed by atoms with E-state index in [1.165, 1.54) is 18.9 Å². The van der Waals surface area contributed by atoms with Gasteiger partial charge in [-0.3, -0.25) is 14.5 Å². The predicted octanol–water partition coefficient (Wildman–Crippen LogP) is 0.515. The lowest BCUT2D eigenvalue weighted by Gasteiger charge is -2.35. The molecule has 23 heavy (non-hydrogen) atoms. The molecular formula is C15H23N3O5. The van der Waals surface area contributed by atoms with Gasteiger partial charge in [-0.25, -0.2) is 9.59 Å². The normalized spacial score (nSPS) is 21.7. The highest BCUT2D eigenvalue weighted by Crippen LogP contribution is 2.39. The summed E-state index contributed by atoms with van der Waals surface area (Å²) in [4.78, 5) is 51.7. The molecule has 1 spiro atoms. The van der Waals surface area contributed by atoms with E-state index in [4.69, 9.17) is 5.11 Å². The average Bonchev–Trinajstić information content (AvgIpc) is 2.70. The Labute approximate surface area is 135 Å². The number of imide groups is 1. The molecule has 1 unspecified atom stereocenters. The summed E-state index contributed by atoms with van der Waals surface area (Å²) < 4.78 is 0. The number of carbonyl (C=O) groups excluding carboxylic acids is 3. The van der Waals surface area contributed by atoms with Crippen LogP contribution in [0.15, 0.2) is 0 Å². The molecule has 2 fully saturated rings. The Morgan fingerprint density at radius 2 is 1.83 bits per heavy atom. The second-order valence-corrected chi connectivity index (χ2v) is 6.34. The molecular weight excluding hydrogens is 302 g/mol. The molecule has 1 atom stereocenters. The van der Waals surface area contributed by atoms with E-state index in [0.29, 0.717) is 12.8 Å². The van der Waals surface area contributed by atoms with E-state index in [1.54, 1.807) is 7.05 Å². The van der Waals surface area contributed by atoms with Crippen molar-refractivity contribution in [3.8, 4) is 0 Å². The Morgan fingerprint density at radius 3 is 2.35 bits per heavy atom. The summed E-state index contributed by atoms with van der Waals surface area (Å²) in [7, 11) is 2.95. The zero-order chi connectivity index (χ0) is 17.4. The quantitative estimate of drug-likeness (QED) is 0.760. The smallest absolute Gasteiger partial charge is 0.327 e. The lowest BCUT2D eigenvalue weighted by molar-refractivity contribution is -0.149. The molecule has 1 saturated heterocycles. The second-order valence-electron chi connectivity index (χ2n) is 6.34. The van der Waals surface area contributed by atoms with E-state index >= 15 is 0 Å². The number of amides is 4. The molecule has 0 aromatic heterocycles. The molecule has 8 nitrogen and oxygen atoms in total. The van der Waals surface area contributed by atoms with Gasteiger partial charge in [0.1, 0.15) is 18.1 Å². The van der Waals surface area contributed by atoms with Gasteiger partial charge in [0.15, 0.2) is 0 Å². The van der Waals surface area contributed by atoms with Gasteiger partial charge < -0.3 is 14.9 Å². The van der Waals surface area contributed by atoms with Crippen LogP contribution in [0, 0.1) is 0 Å². The molecule has 0 radical (unpaired) electrons. The molecule has 0 bridgehead atoms. The zero-order valence-corrected chi connectivity index (χ0v) is 13.7. The Morgan fingerprint density at radius 1 is 1.26 bits per heavy atom. The highest BCUT2D eigenvalue weighted by molar-refractivity contribution is 6.09. The molecule has 1 N–H and O–H groups in total. The van der Waals surface area contributed by atoms with Crippen LogP contribution >= 0.6 is 0 Å². The molecule has 2 rings (SSSR count). The number of carboxylic acid groups (broad SMARTS) is 1. The van der Waals surface area contributed by atoms with Crippen LogP contribution in [-0.2, 0) is 14.4 Å². The number of urea groups is 1. The minimum atomic E-state index is -1.14. The van der Waals surface area contributed by atoms with Crippen LogP contribution in [-0.4, -0.2) is 75.8 Å². The monoisotopic (exact) mass is 325 g/mol. The van der Waals surface area contributed by atoms with Gasteiger partial charge in [-0.2, -0.15) is 0 Å². The number of aliphatic carboxylic acids is 1. The third-order valence-electron chi connectivity index (χ3n) is 5.11. The SMILES string of the molecule is CC(C(=O)O)N(C)C(=O)CN1C(=O)N(C)C2(CCCCC2)C1=O. The number of carboxylic acids is 1. The molecule has 2 aliphatic rings. The highest BCUT2D eigenvalue weighted by Gasteiger charge is 2.56. The van der Waals surface area contributed by atoms with Gasteiger partial charge in [0.25, 0.3) is 5.91 Å². The average molecular weight is 325 g/mol. The van der Waals surface area contributed by atoms with Crippen molar-refractivity contribution in [3.63, 3.8) is 0 Å². The van der Waals surface area contributed by atoms with Gasteiger partial charge in [-0.05, 0) is 19.8 Å². The van der Waals surface area contributed by atoms with Gasteiger partial charge in [0.2, 0.25) is 5.91 Å². The molecule has 1 aliphatic heterocycles. The predicted molar refractivity (Wildman–Crippen MR) is 80.6 cm³/mol. The summed E-state index contributed by atoms with van der Waals surface area (Å²) in [5, 5.41) is 8.96. The number of likely N-dealkylation sites (N-methyl/N-ethyl adjacent to an activating group) is 2. The molecule has 0 aromatic rings. The minimum Gasteiger partial charge on any atom is -0.480 e. The summed E-state index contributed by atoms with van der Waals surface area (Å²) in [5.41, 5.74) is -0.827. The van der Waals surface area contributed by atoms with E-state index in [9.17, 15) is 19.2 Å². The van der Waals surface area contributed by atoms with Crippen molar-refractivity contribution >= 4 is 23.8 Å². The second kappa shape index (κ2) is 6.17. The van der Waals surface area contributed by atoms with E-state index in [1.807, 2.05) is 0 Å². The van der Waals surface area contributed by atoms with Crippen LogP contribution in [0.25, 0.3) is 0 Å². The maximum atomic E-state index is 12.7. The first-order chi connectivity index (χ1) is 10.7. The van der Waals surface area contributed by atoms with Crippen molar-refractivity contribution < 1.29 is 24.3 Å². The minimum absolute atomic E-state index is 0.338. The summed E-state index contributed by atoms with van der Waals surface area (Å²) in [6.45, 7) is 0.959. The third-order valence-corrected chi connectivity index (χ3v) is 5.11. The van der Waals surface area contributed by atoms with E-state index in [-0.39, 0.29) is 5.91 Å². The lowest BCUT2D eigenvalue weighted by atomic mass is 9.81. The zero-order valence-electron chi connectivity index (χ0n) is 13.7. The molecule has 1 saturated carbocycles. The fourth-order valence-electron chi connectivity index (χ4n) is 3.30. The first kappa shape index (κ1) is 17.2. The van der Waals surface area contributed by atoms with Gasteiger partial charge in [-0.15, -0.1) is 0 Å². The van der Waals surface area contributed by atoms with E-state index in [2.05, 4.69) is 0 Å². The lowest BCUT2D eigenvalue weighted by Crippen LogP contribution is -2.50. The number of nitrogens with zero attached hydrogens (tertiary/aromatic N) is 3. The summed E-state index contributed by atoms with van der Waals surface area (Å²) >= 11 is 0. The summed E-state index contributed by atoms with van der Waals surface area (Å²) in [6.07, 6.45) is 4.01. The van der Waals surface area contributed by atoms with Gasteiger partial charge >= 0.3 is 12.0 Å². The Balaban J connectivity index is 2.14. The Bertz CT molecular complexity index is 541. The first-order valence-corrected chi connectivity index (χ1v) is 7.80. The Hall–Kier alpha value is -2.12. The fraction of sp³-hybridized carbons (Fsp3) is 0.733. The van der Waals surface area contributed by atoms with Gasteiger partial charge in [-0.1, -0.05) is 19.3 Å². The molecule has 0 aromatic carbocycles. The third kappa shape index (κ3) is 2.77. The van der Waals surface area contributed by atoms with Crippen LogP contribution in [0.1, 0.15) is 39.0 Å². The van der Waals surface area contributed by atoms with Crippen LogP contribution in [0.2, 0.25) is 0 Å². The van der Waals surface area contributed by atoms with Crippen molar-refractivity contribution in [1.82, 2.24) is 14.7 Å². The van der Waals surface area contributed by atoms with Crippen LogP contribution in [0.3, 0.4) is 0 Å². The highest BCUT2D eigenvalue weighted by atomic mass is 16.4. The number of hydrogen-bond acceptors (Lipinski definition) is 4. The van der Waals surface area contributed by atoms with E-state index in [0.717, 1.165) is 29.1 Å². The topological polar surface area (TPSA) is 98.2 Å². The number of hydrogen-bond donors (Lipinski definition) is 1. The van der Waals surface area contributed by atoms with Gasteiger partial charge in [0.05, 0.1) is 0 Å². The van der Waals surface area contributed by atoms with Crippen molar-refractivity contribution in [2.24, 2.45) is 0 Å². The summed E-state index contributed by atoms with van der Waals surface area (Å²) in [6, 6.07) is -1.50. The fourth-order valence-corrected chi connectivity index (χ4v) is 3.30. The van der Waals surface area contributed by atoms with E-state index < -0.39 is 36.0 Å². The maximum Gasteiger partial charge on any atom is 0.327 e. The molecule has 128 valence electrons. The number of rotatable bonds is 4. The van der Waals surface area contributed by atoms with Crippen molar-refractivity contribution in [1.29, 1.82) is 0 Å². The van der Waals surface area contributed by atoms with Crippen molar-refractivity contribution in [2.75, 3.05) is 20.6 Å².